The minimum Gasteiger partial charge on any atom is -0.480 e. The molecular weight excluding hydrogens is 416 g/mol. The first kappa shape index (κ1) is 24.8. The first-order chi connectivity index (χ1) is 15.2. The van der Waals surface area contributed by atoms with Crippen LogP contribution in [0.1, 0.15) is 31.2 Å². The number of carboxylic acids is 1. The Balaban J connectivity index is 2.08. The Morgan fingerprint density at radius 3 is 2.38 bits per heavy atom. The summed E-state index contributed by atoms with van der Waals surface area (Å²) in [6.07, 6.45) is 2.86. The van der Waals surface area contributed by atoms with Gasteiger partial charge in [-0.1, -0.05) is 24.6 Å². The largest absolute Gasteiger partial charge is 0.480 e. The predicted octanol–water partition coefficient (Wildman–Crippen LogP) is -0.904. The number of benzene rings is 1. The van der Waals surface area contributed by atoms with Crippen LogP contribution in [0.5, 0.6) is 0 Å². The number of carbonyl (C=O) groups is 4. The molecule has 0 spiro atoms. The molecule has 1 heterocycles. The van der Waals surface area contributed by atoms with Crippen LogP contribution in [0.25, 0.3) is 10.9 Å². The number of nitrogens with two attached hydrogens (primary N) is 3. The van der Waals surface area contributed by atoms with Gasteiger partial charge in [-0.05, 0) is 31.0 Å². The van der Waals surface area contributed by atoms with E-state index in [0.29, 0.717) is 31.4 Å². The van der Waals surface area contributed by atoms with Crippen LogP contribution in [-0.4, -0.2) is 58.5 Å². The number of hydrogen-bond donors (Lipinski definition) is 7. The lowest BCUT2D eigenvalue weighted by molar-refractivity contribution is -0.142. The molecule has 0 saturated heterocycles. The summed E-state index contributed by atoms with van der Waals surface area (Å²) in [7, 11) is 0. The molecule has 11 nitrogen and oxygen atoms in total. The molecule has 2 rings (SSSR count). The number of aromatic nitrogens is 1. The molecule has 0 aliphatic heterocycles. The lowest BCUT2D eigenvalue weighted by Crippen LogP contribution is -2.55. The summed E-state index contributed by atoms with van der Waals surface area (Å²) in [6, 6.07) is 3.83. The second-order valence-corrected chi connectivity index (χ2v) is 7.59. The van der Waals surface area contributed by atoms with Crippen LogP contribution in [0, 0.1) is 0 Å². The first-order valence-electron chi connectivity index (χ1n) is 10.4. The molecule has 0 fully saturated rings. The second kappa shape index (κ2) is 11.8. The minimum atomic E-state index is -1.34. The molecule has 1 aromatic heterocycles. The van der Waals surface area contributed by atoms with E-state index in [-0.39, 0.29) is 6.42 Å². The van der Waals surface area contributed by atoms with Gasteiger partial charge >= 0.3 is 5.97 Å². The van der Waals surface area contributed by atoms with E-state index in [1.807, 2.05) is 24.3 Å². The summed E-state index contributed by atoms with van der Waals surface area (Å²) >= 11 is 0. The monoisotopic (exact) mass is 446 g/mol. The Morgan fingerprint density at radius 2 is 1.72 bits per heavy atom. The van der Waals surface area contributed by atoms with Gasteiger partial charge in [0.15, 0.2) is 0 Å². The van der Waals surface area contributed by atoms with Gasteiger partial charge in [0.1, 0.15) is 12.1 Å². The molecule has 174 valence electrons. The molecule has 3 unspecified atom stereocenters. The standard InChI is InChI=1S/C21H30N6O5/c22-8-4-3-6-14(23)19(29)26-16(10-18(24)28)20(30)27-17(21(31)32)9-12-11-25-15-7-2-1-5-13(12)15/h1-2,5,7,11,14,16-17,25H,3-4,6,8-10,22-23H2,(H2,24,28)(H,26,29)(H,27,30)(H,31,32). The highest BCUT2D eigenvalue weighted by atomic mass is 16.4. The molecule has 10 N–H and O–H groups in total. The average molecular weight is 447 g/mol. The van der Waals surface area contributed by atoms with Gasteiger partial charge in [0.05, 0.1) is 12.5 Å². The average Bonchev–Trinajstić information content (AvgIpc) is 3.15. The van der Waals surface area contributed by atoms with Crippen molar-refractivity contribution in [2.24, 2.45) is 17.2 Å². The van der Waals surface area contributed by atoms with Crippen LogP contribution in [-0.2, 0) is 25.6 Å². The Kier molecular flexibility index (Phi) is 9.17. The van der Waals surface area contributed by atoms with Crippen molar-refractivity contribution < 1.29 is 24.3 Å². The van der Waals surface area contributed by atoms with Crippen LogP contribution in [0.4, 0.5) is 0 Å². The number of aliphatic carboxylic acids is 1. The molecule has 11 heteroatoms. The van der Waals surface area contributed by atoms with E-state index in [9.17, 15) is 24.3 Å². The lowest BCUT2D eigenvalue weighted by atomic mass is 10.0. The van der Waals surface area contributed by atoms with E-state index in [2.05, 4.69) is 15.6 Å². The third-order valence-electron chi connectivity index (χ3n) is 5.06. The second-order valence-electron chi connectivity index (χ2n) is 7.59. The zero-order valence-electron chi connectivity index (χ0n) is 17.7. The number of nitrogens with one attached hydrogen (secondary N) is 3. The number of H-pyrrole nitrogens is 1. The number of carboxylic acid groups (broad SMARTS) is 1. The maximum atomic E-state index is 12.7. The first-order valence-corrected chi connectivity index (χ1v) is 10.4. The van der Waals surface area contributed by atoms with Gasteiger partial charge in [-0.25, -0.2) is 4.79 Å². The highest BCUT2D eigenvalue weighted by Crippen LogP contribution is 2.19. The van der Waals surface area contributed by atoms with Crippen LogP contribution in [0.15, 0.2) is 30.5 Å². The van der Waals surface area contributed by atoms with Crippen molar-refractivity contribution in [3.8, 4) is 0 Å². The fourth-order valence-electron chi connectivity index (χ4n) is 3.32. The summed E-state index contributed by atoms with van der Waals surface area (Å²) in [5.74, 6) is -3.55. The van der Waals surface area contributed by atoms with Gasteiger partial charge in [0.25, 0.3) is 0 Å². The van der Waals surface area contributed by atoms with Crippen molar-refractivity contribution in [1.29, 1.82) is 0 Å². The lowest BCUT2D eigenvalue weighted by Gasteiger charge is -2.22. The molecule has 2 aromatic rings. The molecule has 3 amide bonds. The van der Waals surface area contributed by atoms with Crippen molar-refractivity contribution in [1.82, 2.24) is 15.6 Å². The summed E-state index contributed by atoms with van der Waals surface area (Å²) in [6.45, 7) is 0.466. The SMILES string of the molecule is NCCCCC(N)C(=O)NC(CC(N)=O)C(=O)NC(Cc1c[nH]c2ccccc12)C(=O)O. The fraction of sp³-hybridized carbons (Fsp3) is 0.429. The summed E-state index contributed by atoms with van der Waals surface area (Å²) in [4.78, 5) is 51.3. The van der Waals surface area contributed by atoms with E-state index < -0.39 is 48.2 Å². The number of fused-ring (bicyclic) bond motifs is 1. The number of para-hydroxylation sites is 1. The van der Waals surface area contributed by atoms with Crippen LogP contribution < -0.4 is 27.8 Å². The Hall–Kier alpha value is -3.44. The zero-order chi connectivity index (χ0) is 23.7. The molecule has 0 aliphatic rings. The summed E-state index contributed by atoms with van der Waals surface area (Å²) in [5, 5.41) is 15.2. The number of amides is 3. The maximum absolute atomic E-state index is 12.7. The summed E-state index contributed by atoms with van der Waals surface area (Å²) in [5.41, 5.74) is 18.0. The maximum Gasteiger partial charge on any atom is 0.326 e. The highest BCUT2D eigenvalue weighted by Gasteiger charge is 2.29. The Labute approximate surface area is 185 Å². The minimum absolute atomic E-state index is 0.000920. The van der Waals surface area contributed by atoms with Crippen molar-refractivity contribution >= 4 is 34.6 Å². The Morgan fingerprint density at radius 1 is 1.03 bits per heavy atom. The molecule has 0 saturated carbocycles. The van der Waals surface area contributed by atoms with Crippen LogP contribution in [0.2, 0.25) is 0 Å². The number of rotatable bonds is 13. The van der Waals surface area contributed by atoms with Gasteiger partial charge in [-0.3, -0.25) is 14.4 Å². The molecule has 3 atom stereocenters. The van der Waals surface area contributed by atoms with Gasteiger partial charge in [0.2, 0.25) is 17.7 Å². The molecule has 0 aliphatic carbocycles. The van der Waals surface area contributed by atoms with Crippen LogP contribution in [0.3, 0.4) is 0 Å². The molecule has 1 aromatic carbocycles. The van der Waals surface area contributed by atoms with Gasteiger partial charge in [0, 0.05) is 23.5 Å². The summed E-state index contributed by atoms with van der Waals surface area (Å²) < 4.78 is 0. The quantitative estimate of drug-likeness (QED) is 0.193. The van der Waals surface area contributed by atoms with E-state index in [1.54, 1.807) is 6.20 Å². The highest BCUT2D eigenvalue weighted by molar-refractivity contribution is 5.95. The number of aromatic amines is 1. The normalized spacial score (nSPS) is 13.8. The molecule has 0 bridgehead atoms. The third-order valence-corrected chi connectivity index (χ3v) is 5.06. The van der Waals surface area contributed by atoms with E-state index in [0.717, 1.165) is 10.9 Å². The topological polar surface area (TPSA) is 206 Å². The van der Waals surface area contributed by atoms with E-state index in [1.165, 1.54) is 0 Å². The van der Waals surface area contributed by atoms with Crippen molar-refractivity contribution in [3.63, 3.8) is 0 Å². The van der Waals surface area contributed by atoms with Crippen molar-refractivity contribution in [2.45, 2.75) is 50.2 Å². The predicted molar refractivity (Wildman–Crippen MR) is 118 cm³/mol. The number of hydrogen-bond acceptors (Lipinski definition) is 6. The number of primary amides is 1. The van der Waals surface area contributed by atoms with Gasteiger partial charge in [-0.2, -0.15) is 0 Å². The molecular formula is C21H30N6O5. The van der Waals surface area contributed by atoms with Crippen molar-refractivity contribution in [2.75, 3.05) is 6.54 Å². The molecule has 0 radical (unpaired) electrons. The Bertz CT molecular complexity index is 959. The zero-order valence-corrected chi connectivity index (χ0v) is 17.7. The third kappa shape index (κ3) is 7.06. The van der Waals surface area contributed by atoms with E-state index in [4.69, 9.17) is 17.2 Å². The molecule has 32 heavy (non-hydrogen) atoms. The number of carbonyl (C=O) groups excluding carboxylic acids is 3. The van der Waals surface area contributed by atoms with Gasteiger partial charge in [-0.15, -0.1) is 0 Å². The smallest absolute Gasteiger partial charge is 0.326 e. The fourth-order valence-corrected chi connectivity index (χ4v) is 3.32. The van der Waals surface area contributed by atoms with Crippen molar-refractivity contribution in [3.05, 3.63) is 36.0 Å². The van der Waals surface area contributed by atoms with E-state index >= 15 is 0 Å². The van der Waals surface area contributed by atoms with Crippen LogP contribution >= 0.6 is 0 Å². The number of unbranched alkanes of at least 4 members (excludes halogenated alkanes) is 1. The van der Waals surface area contributed by atoms with Gasteiger partial charge < -0.3 is 37.9 Å².